The van der Waals surface area contributed by atoms with Crippen LogP contribution in [0.1, 0.15) is 30.9 Å². The molecular weight excluding hydrogens is 254 g/mol. The van der Waals surface area contributed by atoms with Gasteiger partial charge in [0.25, 0.3) is 0 Å². The van der Waals surface area contributed by atoms with Gasteiger partial charge in [-0.2, -0.15) is 0 Å². The van der Waals surface area contributed by atoms with E-state index in [9.17, 15) is 5.11 Å². The minimum atomic E-state index is -0.422. The summed E-state index contributed by atoms with van der Waals surface area (Å²) < 4.78 is 1.01. The molecule has 3 N–H and O–H groups in total. The van der Waals surface area contributed by atoms with Gasteiger partial charge in [0.15, 0.2) is 0 Å². The van der Waals surface area contributed by atoms with E-state index in [1.54, 1.807) is 0 Å². The Kier molecular flexibility index (Phi) is 3.14. The fourth-order valence-electron chi connectivity index (χ4n) is 2.25. The lowest BCUT2D eigenvalue weighted by molar-refractivity contribution is -0.0297. The smallest absolute Gasteiger partial charge is 0.0858 e. The molecule has 0 radical (unpaired) electrons. The Labute approximate surface area is 98.6 Å². The third kappa shape index (κ3) is 1.96. The van der Waals surface area contributed by atoms with Gasteiger partial charge in [0, 0.05) is 16.4 Å². The average Bonchev–Trinajstić information content (AvgIpc) is 2.17. The molecule has 1 aromatic carbocycles. The van der Waals surface area contributed by atoms with Crippen LogP contribution in [0.4, 0.5) is 0 Å². The third-order valence-corrected chi connectivity index (χ3v) is 3.99. The topological polar surface area (TPSA) is 46.2 Å². The molecule has 1 aliphatic rings. The Bertz CT molecular complexity index is 344. The van der Waals surface area contributed by atoms with Crippen molar-refractivity contribution in [3.05, 3.63) is 34.3 Å². The van der Waals surface area contributed by atoms with Crippen LogP contribution in [0.2, 0.25) is 0 Å². The minimum Gasteiger partial charge on any atom is -0.388 e. The van der Waals surface area contributed by atoms with Crippen molar-refractivity contribution in [2.45, 2.75) is 25.4 Å². The summed E-state index contributed by atoms with van der Waals surface area (Å²) in [5.41, 5.74) is 6.67. The van der Waals surface area contributed by atoms with Gasteiger partial charge in [0.05, 0.1) is 6.10 Å². The van der Waals surface area contributed by atoms with Crippen molar-refractivity contribution in [2.24, 2.45) is 11.1 Å². The molecule has 1 unspecified atom stereocenters. The van der Waals surface area contributed by atoms with E-state index in [-0.39, 0.29) is 5.41 Å². The standard InChI is InChI=1S/C12H16BrNO/c13-10-4-1-3-9(7-10)11(15)12(8-14)5-2-6-12/h1,3-4,7,11,15H,2,5-6,8,14H2. The van der Waals surface area contributed by atoms with Gasteiger partial charge in [0.1, 0.15) is 0 Å². The Morgan fingerprint density at radius 3 is 2.67 bits per heavy atom. The predicted molar refractivity (Wildman–Crippen MR) is 64.4 cm³/mol. The SMILES string of the molecule is NCC1(C(O)c2cccc(Br)c2)CCC1. The summed E-state index contributed by atoms with van der Waals surface area (Å²) in [6, 6.07) is 7.85. The van der Waals surface area contributed by atoms with Gasteiger partial charge in [-0.15, -0.1) is 0 Å². The van der Waals surface area contributed by atoms with Gasteiger partial charge in [-0.3, -0.25) is 0 Å². The molecule has 1 aromatic rings. The van der Waals surface area contributed by atoms with Gasteiger partial charge < -0.3 is 10.8 Å². The van der Waals surface area contributed by atoms with Crippen LogP contribution in [0.5, 0.6) is 0 Å². The fourth-order valence-corrected chi connectivity index (χ4v) is 2.67. The lowest BCUT2D eigenvalue weighted by atomic mass is 9.63. The Morgan fingerprint density at radius 1 is 1.47 bits per heavy atom. The van der Waals surface area contributed by atoms with Gasteiger partial charge >= 0.3 is 0 Å². The monoisotopic (exact) mass is 269 g/mol. The number of hydrogen-bond donors (Lipinski definition) is 2. The summed E-state index contributed by atoms with van der Waals surface area (Å²) in [6.07, 6.45) is 2.84. The van der Waals surface area contributed by atoms with E-state index < -0.39 is 6.10 Å². The molecule has 1 saturated carbocycles. The Hall–Kier alpha value is -0.380. The first-order valence-electron chi connectivity index (χ1n) is 5.31. The van der Waals surface area contributed by atoms with Crippen LogP contribution in [0.3, 0.4) is 0 Å². The molecule has 1 aliphatic carbocycles. The number of aliphatic hydroxyl groups excluding tert-OH is 1. The quantitative estimate of drug-likeness (QED) is 0.886. The van der Waals surface area contributed by atoms with E-state index in [1.165, 1.54) is 6.42 Å². The first-order chi connectivity index (χ1) is 7.18. The summed E-state index contributed by atoms with van der Waals surface area (Å²) in [5.74, 6) is 0. The van der Waals surface area contributed by atoms with Crippen molar-refractivity contribution in [3.63, 3.8) is 0 Å². The molecule has 0 saturated heterocycles. The van der Waals surface area contributed by atoms with Crippen molar-refractivity contribution in [1.29, 1.82) is 0 Å². The van der Waals surface area contributed by atoms with E-state index >= 15 is 0 Å². The molecule has 0 aliphatic heterocycles. The van der Waals surface area contributed by atoms with Crippen molar-refractivity contribution in [3.8, 4) is 0 Å². The van der Waals surface area contributed by atoms with Gasteiger partial charge in [-0.05, 0) is 30.5 Å². The largest absolute Gasteiger partial charge is 0.388 e. The first kappa shape index (κ1) is 11.1. The maximum absolute atomic E-state index is 10.3. The lowest BCUT2D eigenvalue weighted by Crippen LogP contribution is -2.42. The first-order valence-corrected chi connectivity index (χ1v) is 6.11. The molecule has 3 heteroatoms. The second-order valence-electron chi connectivity index (χ2n) is 4.38. The third-order valence-electron chi connectivity index (χ3n) is 3.50. The number of benzene rings is 1. The number of nitrogens with two attached hydrogens (primary N) is 1. The summed E-state index contributed by atoms with van der Waals surface area (Å²) in [4.78, 5) is 0. The number of hydrogen-bond acceptors (Lipinski definition) is 2. The van der Waals surface area contributed by atoms with Crippen LogP contribution >= 0.6 is 15.9 Å². The molecule has 2 nitrogen and oxygen atoms in total. The zero-order valence-corrected chi connectivity index (χ0v) is 10.2. The summed E-state index contributed by atoms with van der Waals surface area (Å²) in [6.45, 7) is 0.570. The van der Waals surface area contributed by atoms with E-state index in [0.717, 1.165) is 22.9 Å². The zero-order valence-electron chi connectivity index (χ0n) is 8.62. The molecule has 0 amide bonds. The maximum atomic E-state index is 10.3. The second-order valence-corrected chi connectivity index (χ2v) is 5.29. The zero-order chi connectivity index (χ0) is 10.9. The van der Waals surface area contributed by atoms with Crippen LogP contribution in [-0.2, 0) is 0 Å². The van der Waals surface area contributed by atoms with Crippen molar-refractivity contribution in [1.82, 2.24) is 0 Å². The van der Waals surface area contributed by atoms with Gasteiger partial charge in [0.2, 0.25) is 0 Å². The maximum Gasteiger partial charge on any atom is 0.0858 e. The molecule has 0 spiro atoms. The fraction of sp³-hybridized carbons (Fsp3) is 0.500. The molecule has 82 valence electrons. The second kappa shape index (κ2) is 4.24. The highest BCUT2D eigenvalue weighted by molar-refractivity contribution is 9.10. The molecule has 0 aromatic heterocycles. The summed E-state index contributed by atoms with van der Waals surface area (Å²) in [5, 5.41) is 10.3. The molecule has 2 rings (SSSR count). The molecule has 0 bridgehead atoms. The van der Waals surface area contributed by atoms with Crippen LogP contribution in [0.15, 0.2) is 28.7 Å². The molecule has 0 heterocycles. The Balaban J connectivity index is 2.23. The van der Waals surface area contributed by atoms with Crippen LogP contribution in [0, 0.1) is 5.41 Å². The van der Waals surface area contributed by atoms with Crippen molar-refractivity contribution >= 4 is 15.9 Å². The molecular formula is C12H16BrNO. The van der Waals surface area contributed by atoms with E-state index in [4.69, 9.17) is 5.73 Å². The number of halogens is 1. The lowest BCUT2D eigenvalue weighted by Gasteiger charge is -2.44. The minimum absolute atomic E-state index is 0.0687. The number of rotatable bonds is 3. The van der Waals surface area contributed by atoms with Crippen LogP contribution < -0.4 is 5.73 Å². The van der Waals surface area contributed by atoms with E-state index in [0.29, 0.717) is 6.54 Å². The van der Waals surface area contributed by atoms with Crippen LogP contribution in [-0.4, -0.2) is 11.7 Å². The average molecular weight is 270 g/mol. The Morgan fingerprint density at radius 2 is 2.20 bits per heavy atom. The summed E-state index contributed by atoms with van der Waals surface area (Å²) >= 11 is 3.42. The molecule has 1 fully saturated rings. The highest BCUT2D eigenvalue weighted by Crippen LogP contribution is 2.49. The number of aliphatic hydroxyl groups is 1. The molecule has 1 atom stereocenters. The summed E-state index contributed by atoms with van der Waals surface area (Å²) in [7, 11) is 0. The van der Waals surface area contributed by atoms with Crippen molar-refractivity contribution < 1.29 is 5.11 Å². The van der Waals surface area contributed by atoms with Gasteiger partial charge in [-0.1, -0.05) is 34.5 Å². The van der Waals surface area contributed by atoms with Crippen molar-refractivity contribution in [2.75, 3.05) is 6.54 Å². The predicted octanol–water partition coefficient (Wildman–Crippen LogP) is 2.61. The van der Waals surface area contributed by atoms with E-state index in [2.05, 4.69) is 15.9 Å². The highest BCUT2D eigenvalue weighted by Gasteiger charge is 2.42. The van der Waals surface area contributed by atoms with E-state index in [1.807, 2.05) is 24.3 Å². The normalized spacial score (nSPS) is 20.7. The van der Waals surface area contributed by atoms with Gasteiger partial charge in [-0.25, -0.2) is 0 Å². The molecule has 15 heavy (non-hydrogen) atoms. The van der Waals surface area contributed by atoms with Crippen LogP contribution in [0.25, 0.3) is 0 Å². The highest BCUT2D eigenvalue weighted by atomic mass is 79.9.